The van der Waals surface area contributed by atoms with Gasteiger partial charge in [-0.1, -0.05) is 0 Å². The monoisotopic (exact) mass is 286 g/mol. The second kappa shape index (κ2) is 3.64. The van der Waals surface area contributed by atoms with Crippen LogP contribution in [0.4, 0.5) is 0 Å². The molecule has 0 bridgehead atoms. The topological polar surface area (TPSA) is 37.8 Å². The first-order valence-electron chi connectivity index (χ1n) is 4.52. The number of rotatable bonds is 1. The maximum Gasteiger partial charge on any atom is 0.275 e. The molecule has 0 aliphatic rings. The van der Waals surface area contributed by atoms with Crippen LogP contribution < -0.4 is 5.56 Å². The number of aryl methyl sites for hydroxylation is 3. The molecule has 1 N–H and O–H groups in total. The van der Waals surface area contributed by atoms with Crippen molar-refractivity contribution in [2.75, 3.05) is 0 Å². The van der Waals surface area contributed by atoms with Crippen LogP contribution in [0, 0.1) is 13.8 Å². The average Bonchev–Trinajstić information content (AvgIpc) is 2.57. The lowest BCUT2D eigenvalue weighted by Gasteiger charge is -1.90. The summed E-state index contributed by atoms with van der Waals surface area (Å²) in [6.45, 7) is 3.95. The lowest BCUT2D eigenvalue weighted by molar-refractivity contribution is 0.731. The van der Waals surface area contributed by atoms with E-state index in [-0.39, 0.29) is 5.56 Å². The Morgan fingerprint density at radius 2 is 2.13 bits per heavy atom. The van der Waals surface area contributed by atoms with E-state index in [9.17, 15) is 4.79 Å². The minimum absolute atomic E-state index is 0.0289. The van der Waals surface area contributed by atoms with Crippen molar-refractivity contribution < 1.29 is 0 Å². The smallest absolute Gasteiger partial charge is 0.275 e. The molecule has 0 atom stereocenters. The number of aromatic amines is 1. The van der Waals surface area contributed by atoms with Gasteiger partial charge in [0, 0.05) is 27.0 Å². The Morgan fingerprint density at radius 3 is 2.53 bits per heavy atom. The molecule has 0 saturated heterocycles. The number of nitrogens with zero attached hydrogens (tertiary/aromatic N) is 1. The van der Waals surface area contributed by atoms with Crippen LogP contribution in [0.15, 0.2) is 15.3 Å². The fourth-order valence-electron chi connectivity index (χ4n) is 1.56. The summed E-state index contributed by atoms with van der Waals surface area (Å²) in [6, 6.07) is 2.00. The van der Waals surface area contributed by atoms with Crippen molar-refractivity contribution in [3.63, 3.8) is 0 Å². The summed E-state index contributed by atoms with van der Waals surface area (Å²) in [5, 5.41) is 3.00. The van der Waals surface area contributed by atoms with Gasteiger partial charge in [0.05, 0.1) is 5.56 Å². The van der Waals surface area contributed by atoms with E-state index in [0.29, 0.717) is 0 Å². The molecule has 0 saturated carbocycles. The zero-order valence-electron chi connectivity index (χ0n) is 8.72. The SMILES string of the molecule is Cc1[nH]n(C)c(=O)c1-c1cc(Br)c(C)s1. The van der Waals surface area contributed by atoms with Crippen LogP contribution in [0.5, 0.6) is 0 Å². The van der Waals surface area contributed by atoms with Gasteiger partial charge in [0.1, 0.15) is 0 Å². The van der Waals surface area contributed by atoms with Crippen LogP contribution in [-0.4, -0.2) is 9.78 Å². The molecule has 15 heavy (non-hydrogen) atoms. The Morgan fingerprint density at radius 1 is 1.47 bits per heavy atom. The molecular formula is C10H11BrN2OS. The van der Waals surface area contributed by atoms with Gasteiger partial charge in [-0.25, -0.2) is 0 Å². The van der Waals surface area contributed by atoms with E-state index in [1.807, 2.05) is 19.9 Å². The Bertz CT molecular complexity index is 545. The molecule has 2 aromatic heterocycles. The van der Waals surface area contributed by atoms with Crippen LogP contribution in [-0.2, 0) is 7.05 Å². The first-order valence-corrected chi connectivity index (χ1v) is 6.13. The number of hydrogen-bond donors (Lipinski definition) is 1. The predicted octanol–water partition coefficient (Wildman–Crippen LogP) is 2.82. The zero-order chi connectivity index (χ0) is 11.2. The summed E-state index contributed by atoms with van der Waals surface area (Å²) in [5.41, 5.74) is 1.72. The van der Waals surface area contributed by atoms with Crippen molar-refractivity contribution >= 4 is 27.3 Å². The number of halogens is 1. The van der Waals surface area contributed by atoms with Gasteiger partial charge in [0.15, 0.2) is 0 Å². The molecule has 2 aromatic rings. The molecule has 0 aliphatic carbocycles. The number of nitrogens with one attached hydrogen (secondary N) is 1. The van der Waals surface area contributed by atoms with Gasteiger partial charge < -0.3 is 0 Å². The molecule has 80 valence electrons. The maximum atomic E-state index is 11.8. The third-order valence-corrected chi connectivity index (χ3v) is 4.49. The standard InChI is InChI=1S/C10H11BrN2OS/c1-5-9(10(14)13(3)12-5)8-4-7(11)6(2)15-8/h4,12H,1-3H3. The van der Waals surface area contributed by atoms with Crippen molar-refractivity contribution in [2.45, 2.75) is 13.8 Å². The predicted molar refractivity (Wildman–Crippen MR) is 66.5 cm³/mol. The summed E-state index contributed by atoms with van der Waals surface area (Å²) < 4.78 is 2.57. The van der Waals surface area contributed by atoms with Gasteiger partial charge in [-0.2, -0.15) is 0 Å². The van der Waals surface area contributed by atoms with E-state index < -0.39 is 0 Å². The Hall–Kier alpha value is -0.810. The van der Waals surface area contributed by atoms with Gasteiger partial charge in [-0.05, 0) is 35.8 Å². The van der Waals surface area contributed by atoms with Crippen LogP contribution in [0.3, 0.4) is 0 Å². The molecule has 3 nitrogen and oxygen atoms in total. The first-order chi connectivity index (χ1) is 7.00. The van der Waals surface area contributed by atoms with Crippen molar-refractivity contribution in [3.8, 4) is 10.4 Å². The second-order valence-corrected chi connectivity index (χ2v) is 5.60. The van der Waals surface area contributed by atoms with Crippen LogP contribution >= 0.6 is 27.3 Å². The molecular weight excluding hydrogens is 276 g/mol. The Balaban J connectivity index is 2.68. The summed E-state index contributed by atoms with van der Waals surface area (Å²) in [4.78, 5) is 14.0. The van der Waals surface area contributed by atoms with Gasteiger partial charge in [0.25, 0.3) is 5.56 Å². The lowest BCUT2D eigenvalue weighted by atomic mass is 10.2. The molecule has 0 radical (unpaired) electrons. The quantitative estimate of drug-likeness (QED) is 0.860. The Kier molecular flexibility index (Phi) is 2.60. The molecule has 2 heterocycles. The van der Waals surface area contributed by atoms with Crippen LogP contribution in [0.1, 0.15) is 10.6 Å². The fourth-order valence-corrected chi connectivity index (χ4v) is 3.19. The van der Waals surface area contributed by atoms with Crippen molar-refractivity contribution in [1.82, 2.24) is 9.78 Å². The highest BCUT2D eigenvalue weighted by atomic mass is 79.9. The third-order valence-electron chi connectivity index (χ3n) is 2.33. The molecule has 0 spiro atoms. The largest absolute Gasteiger partial charge is 0.300 e. The highest BCUT2D eigenvalue weighted by molar-refractivity contribution is 9.10. The summed E-state index contributed by atoms with van der Waals surface area (Å²) in [5.74, 6) is 0. The van der Waals surface area contributed by atoms with E-state index in [1.165, 1.54) is 9.56 Å². The average molecular weight is 287 g/mol. The van der Waals surface area contributed by atoms with Gasteiger partial charge >= 0.3 is 0 Å². The molecule has 5 heteroatoms. The summed E-state index contributed by atoms with van der Waals surface area (Å²) in [7, 11) is 1.73. The second-order valence-electron chi connectivity index (χ2n) is 3.49. The van der Waals surface area contributed by atoms with Crippen molar-refractivity contribution in [3.05, 3.63) is 31.5 Å². The summed E-state index contributed by atoms with van der Waals surface area (Å²) >= 11 is 5.09. The van der Waals surface area contributed by atoms with E-state index >= 15 is 0 Å². The molecule has 0 aliphatic heterocycles. The highest BCUT2D eigenvalue weighted by Crippen LogP contribution is 2.33. The van der Waals surface area contributed by atoms with Crippen LogP contribution in [0.25, 0.3) is 10.4 Å². The lowest BCUT2D eigenvalue weighted by Crippen LogP contribution is -2.12. The highest BCUT2D eigenvalue weighted by Gasteiger charge is 2.14. The number of aromatic nitrogens is 2. The maximum absolute atomic E-state index is 11.8. The van der Waals surface area contributed by atoms with Gasteiger partial charge in [0.2, 0.25) is 0 Å². The van der Waals surface area contributed by atoms with E-state index in [2.05, 4.69) is 21.0 Å². The third kappa shape index (κ3) is 1.70. The zero-order valence-corrected chi connectivity index (χ0v) is 11.1. The van der Waals surface area contributed by atoms with Crippen molar-refractivity contribution in [2.24, 2.45) is 7.05 Å². The molecule has 0 unspecified atom stereocenters. The number of H-pyrrole nitrogens is 1. The van der Waals surface area contributed by atoms with E-state index in [0.717, 1.165) is 20.6 Å². The summed E-state index contributed by atoms with van der Waals surface area (Å²) in [6.07, 6.45) is 0. The Labute approximate surface area is 99.9 Å². The number of hydrogen-bond acceptors (Lipinski definition) is 2. The van der Waals surface area contributed by atoms with Crippen LogP contribution in [0.2, 0.25) is 0 Å². The number of thiophene rings is 1. The molecule has 2 rings (SSSR count). The fraction of sp³-hybridized carbons (Fsp3) is 0.300. The van der Waals surface area contributed by atoms with Crippen molar-refractivity contribution in [1.29, 1.82) is 0 Å². The minimum atomic E-state index is 0.0289. The van der Waals surface area contributed by atoms with E-state index in [1.54, 1.807) is 18.4 Å². The minimum Gasteiger partial charge on any atom is -0.300 e. The molecule has 0 amide bonds. The van der Waals surface area contributed by atoms with E-state index in [4.69, 9.17) is 0 Å². The normalized spacial score (nSPS) is 10.9. The molecule has 0 fully saturated rings. The first kappa shape index (κ1) is 10.7. The van der Waals surface area contributed by atoms with Gasteiger partial charge in [-0.15, -0.1) is 11.3 Å². The van der Waals surface area contributed by atoms with Gasteiger partial charge in [-0.3, -0.25) is 14.6 Å². The molecule has 0 aromatic carbocycles.